The number of benzene rings is 8. The average molecular weight is 1070 g/mol. The molecule has 0 N–H and O–H groups in total. The minimum Gasteiger partial charge on any atom is -0.166 e. The second-order valence-corrected chi connectivity index (χ2v) is 17.5. The summed E-state index contributed by atoms with van der Waals surface area (Å²) in [5.41, 5.74) is -29.5. The van der Waals surface area contributed by atoms with E-state index in [1.54, 1.807) is 0 Å². The minimum absolute atomic E-state index is 0.0341. The van der Waals surface area contributed by atoms with Gasteiger partial charge in [0.05, 0.1) is 44.5 Å². The molecule has 0 fully saturated rings. The molecule has 26 heteroatoms. The SMILES string of the molecule is FC(F)(F)c1cc2c(c(C(F)(F)F)c1)B(c1ccc3ccc4ccc(B5c6c(cc(C(F)(F)F)cc6C(F)(F)F)-c6cc(C(F)(F)F)cc(C(F)(F)F)c65)c5ccc1c3c45)c1c-2cc(C(F)(F)F)cc1C(F)(F)F. The van der Waals surface area contributed by atoms with Crippen LogP contribution in [0, 0.1) is 0 Å². The number of halogens is 24. The second kappa shape index (κ2) is 15.4. The Hall–Kier alpha value is -6.75. The summed E-state index contributed by atoms with van der Waals surface area (Å²) in [6.45, 7) is -5.07. The molecule has 0 amide bonds. The van der Waals surface area contributed by atoms with E-state index in [9.17, 15) is 52.7 Å². The van der Waals surface area contributed by atoms with Crippen molar-refractivity contribution in [3.8, 4) is 22.3 Å². The highest BCUT2D eigenvalue weighted by Crippen LogP contribution is 2.47. The Kier molecular flexibility index (Phi) is 10.6. The third kappa shape index (κ3) is 7.85. The van der Waals surface area contributed by atoms with Crippen molar-refractivity contribution in [1.82, 2.24) is 0 Å². The van der Waals surface area contributed by atoms with Crippen LogP contribution in [0.25, 0.3) is 54.6 Å². The molecule has 2 aliphatic rings. The average Bonchev–Trinajstić information content (AvgIpc) is 3.77. The van der Waals surface area contributed by atoms with Crippen molar-refractivity contribution in [2.45, 2.75) is 49.4 Å². The second-order valence-electron chi connectivity index (χ2n) is 17.5. The fraction of sp³-hybridized carbons (Fsp3) is 0.167. The molecule has 0 aliphatic carbocycles. The van der Waals surface area contributed by atoms with Gasteiger partial charge >= 0.3 is 49.4 Å². The van der Waals surface area contributed by atoms with Crippen LogP contribution in [0.1, 0.15) is 44.5 Å². The molecular weight excluding hydrogens is 1050 g/mol. The molecule has 0 bridgehead atoms. The van der Waals surface area contributed by atoms with E-state index in [1.807, 2.05) is 0 Å². The van der Waals surface area contributed by atoms with Gasteiger partial charge in [-0.2, -0.15) is 105 Å². The van der Waals surface area contributed by atoms with Crippen molar-refractivity contribution >= 4 is 78.5 Å². The first-order valence-electron chi connectivity index (χ1n) is 20.8. The monoisotopic (exact) mass is 1070 g/mol. The summed E-state index contributed by atoms with van der Waals surface area (Å²) < 4.78 is 353. The maximum Gasteiger partial charge on any atom is 0.416 e. The van der Waals surface area contributed by atoms with Crippen molar-refractivity contribution in [2.75, 3.05) is 0 Å². The van der Waals surface area contributed by atoms with E-state index in [0.29, 0.717) is 0 Å². The third-order valence-electron chi connectivity index (χ3n) is 13.3. The van der Waals surface area contributed by atoms with Gasteiger partial charge in [0.2, 0.25) is 13.4 Å². The molecule has 0 unspecified atom stereocenters. The quantitative estimate of drug-likeness (QED) is 0.0919. The van der Waals surface area contributed by atoms with Crippen LogP contribution in [0.2, 0.25) is 0 Å². The predicted molar refractivity (Wildman–Crippen MR) is 223 cm³/mol. The highest BCUT2D eigenvalue weighted by molar-refractivity contribution is 7.02. The predicted octanol–water partition coefficient (Wildman–Crippen LogP) is 13.7. The van der Waals surface area contributed by atoms with Gasteiger partial charge in [-0.3, -0.25) is 0 Å². The summed E-state index contributed by atoms with van der Waals surface area (Å²) >= 11 is 0. The van der Waals surface area contributed by atoms with Crippen molar-refractivity contribution < 1.29 is 105 Å². The van der Waals surface area contributed by atoms with Gasteiger partial charge in [0.15, 0.2) is 0 Å². The van der Waals surface area contributed by atoms with E-state index in [4.69, 9.17) is 0 Å². The number of hydrogen-bond acceptors (Lipinski definition) is 0. The summed E-state index contributed by atoms with van der Waals surface area (Å²) in [7, 11) is 0. The molecule has 0 spiro atoms. The Morgan fingerprint density at radius 3 is 0.662 bits per heavy atom. The molecule has 8 aromatic rings. The normalized spacial score (nSPS) is 14.7. The number of hydrogen-bond donors (Lipinski definition) is 0. The van der Waals surface area contributed by atoms with E-state index in [-0.39, 0.29) is 45.8 Å². The van der Waals surface area contributed by atoms with E-state index < -0.39 is 197 Å². The molecule has 382 valence electrons. The van der Waals surface area contributed by atoms with Gasteiger partial charge in [0.25, 0.3) is 0 Å². The van der Waals surface area contributed by atoms with Crippen LogP contribution < -0.4 is 32.8 Å². The highest BCUT2D eigenvalue weighted by Gasteiger charge is 2.53. The van der Waals surface area contributed by atoms with Crippen molar-refractivity contribution in [2.24, 2.45) is 0 Å². The van der Waals surface area contributed by atoms with Crippen molar-refractivity contribution in [3.05, 3.63) is 142 Å². The van der Waals surface area contributed by atoms with Gasteiger partial charge in [-0.05, 0) is 125 Å². The van der Waals surface area contributed by atoms with Gasteiger partial charge in [-0.25, -0.2) is 0 Å². The lowest BCUT2D eigenvalue weighted by Gasteiger charge is -2.25. The Labute approximate surface area is 396 Å². The van der Waals surface area contributed by atoms with E-state index in [2.05, 4.69) is 0 Å². The highest BCUT2D eigenvalue weighted by atomic mass is 19.4. The Morgan fingerprint density at radius 1 is 0.243 bits per heavy atom. The first kappa shape index (κ1) is 50.8. The zero-order valence-corrected chi connectivity index (χ0v) is 35.5. The molecule has 0 radical (unpaired) electrons. The molecule has 0 saturated carbocycles. The van der Waals surface area contributed by atoms with Gasteiger partial charge in [0.1, 0.15) is 0 Å². The van der Waals surface area contributed by atoms with Gasteiger partial charge in [-0.1, -0.05) is 59.5 Å². The Morgan fingerprint density at radius 2 is 0.459 bits per heavy atom. The summed E-state index contributed by atoms with van der Waals surface area (Å²) in [4.78, 5) is 0. The van der Waals surface area contributed by atoms with Crippen LogP contribution in [0.3, 0.4) is 0 Å². The van der Waals surface area contributed by atoms with Crippen LogP contribution in [0.5, 0.6) is 0 Å². The van der Waals surface area contributed by atoms with Gasteiger partial charge in [0, 0.05) is 0 Å². The minimum atomic E-state index is -5.87. The fourth-order valence-electron chi connectivity index (χ4n) is 10.6. The van der Waals surface area contributed by atoms with Crippen molar-refractivity contribution in [1.29, 1.82) is 0 Å². The first-order valence-corrected chi connectivity index (χ1v) is 20.8. The Bertz CT molecular complexity index is 3270. The number of alkyl halides is 24. The summed E-state index contributed by atoms with van der Waals surface area (Å²) in [6.07, 6.45) is -46.1. The van der Waals surface area contributed by atoms with Crippen LogP contribution >= 0.6 is 0 Å². The molecule has 0 nitrogen and oxygen atoms in total. The van der Waals surface area contributed by atoms with E-state index >= 15 is 52.7 Å². The standard InChI is InChI=1S/C48H16B2F24/c51-41(52,53)19-9-25-26-10-20(42(54,55)56)14-30(46(66,67)68)38(26)49(37(25)29(13-19)45(63,64)65)33-7-3-17-1-2-18-4-8-34(24-6-5-23(33)35(17)36(18)24)50-39-27(11-21(43(57,58)59)15-31(39)47(69,70)71)28-12-22(44(60,61)62)16-32(40(28)50)48(72,73)74/h1-16H. The molecular formula is C48H16B2F24. The maximum absolute atomic E-state index is 15.1. The number of fused-ring (bicyclic) bond motifs is 6. The molecule has 2 aliphatic heterocycles. The molecule has 74 heavy (non-hydrogen) atoms. The molecule has 0 saturated heterocycles. The molecule has 0 aromatic heterocycles. The molecule has 8 aromatic carbocycles. The first-order chi connectivity index (χ1) is 33.8. The van der Waals surface area contributed by atoms with E-state index in [1.165, 1.54) is 12.1 Å². The summed E-state index contributed by atoms with van der Waals surface area (Å²) in [5.74, 6) is 0. The van der Waals surface area contributed by atoms with Crippen LogP contribution in [0.4, 0.5) is 105 Å². The van der Waals surface area contributed by atoms with Crippen LogP contribution in [0.15, 0.2) is 97.1 Å². The third-order valence-corrected chi connectivity index (χ3v) is 13.3. The van der Waals surface area contributed by atoms with Crippen molar-refractivity contribution in [3.63, 3.8) is 0 Å². The van der Waals surface area contributed by atoms with Crippen LogP contribution in [-0.4, -0.2) is 13.4 Å². The maximum atomic E-state index is 15.1. The smallest absolute Gasteiger partial charge is 0.166 e. The lowest BCUT2D eigenvalue weighted by molar-refractivity contribution is -0.144. The van der Waals surface area contributed by atoms with Gasteiger partial charge in [-0.15, -0.1) is 0 Å². The molecule has 10 rings (SSSR count). The molecule has 2 heterocycles. The topological polar surface area (TPSA) is 0 Å². The fourth-order valence-corrected chi connectivity index (χ4v) is 10.6. The lowest BCUT2D eigenvalue weighted by Crippen LogP contribution is -2.53. The summed E-state index contributed by atoms with van der Waals surface area (Å²) in [5, 5.41) is -1.42. The zero-order chi connectivity index (χ0) is 54.3. The number of rotatable bonds is 2. The zero-order valence-electron chi connectivity index (χ0n) is 35.5. The Balaban J connectivity index is 1.33. The largest absolute Gasteiger partial charge is 0.416 e. The van der Waals surface area contributed by atoms with E-state index in [0.717, 1.165) is 36.4 Å². The summed E-state index contributed by atoms with van der Waals surface area (Å²) in [6, 6.07) is 6.22. The molecule has 0 atom stereocenters. The van der Waals surface area contributed by atoms with Crippen LogP contribution in [-0.2, 0) is 49.4 Å². The van der Waals surface area contributed by atoms with Gasteiger partial charge < -0.3 is 0 Å². The lowest BCUT2D eigenvalue weighted by atomic mass is 9.36.